The van der Waals surface area contributed by atoms with Crippen molar-refractivity contribution in [2.75, 3.05) is 10.7 Å². The summed E-state index contributed by atoms with van der Waals surface area (Å²) in [4.78, 5) is 3.91. The zero-order chi connectivity index (χ0) is 14.5. The highest BCUT2D eigenvalue weighted by Crippen LogP contribution is 2.42. The molecular formula is C16H19N5S. The fraction of sp³-hybridized carbons (Fsp3) is 0.562. The maximum absolute atomic E-state index is 4.36. The van der Waals surface area contributed by atoms with Crippen LogP contribution in [-0.4, -0.2) is 38.0 Å². The zero-order valence-electron chi connectivity index (χ0n) is 12.4. The van der Waals surface area contributed by atoms with Gasteiger partial charge in [-0.25, -0.2) is 4.68 Å². The zero-order valence-corrected chi connectivity index (χ0v) is 13.2. The second-order valence-electron chi connectivity index (χ2n) is 6.58. The van der Waals surface area contributed by atoms with Crippen LogP contribution in [0.2, 0.25) is 0 Å². The first kappa shape index (κ1) is 12.9. The number of hydrogen-bond donors (Lipinski definition) is 0. The average molecular weight is 313 g/mol. The SMILES string of the molecule is c1ccc2c(c1)SCC2Cn1nnnc1N1C2CCC1CC2. The maximum atomic E-state index is 4.36. The molecule has 1 atom stereocenters. The summed E-state index contributed by atoms with van der Waals surface area (Å²) in [7, 11) is 0. The minimum absolute atomic E-state index is 0.517. The van der Waals surface area contributed by atoms with Crippen LogP contribution in [0.5, 0.6) is 0 Å². The molecule has 0 N–H and O–H groups in total. The van der Waals surface area contributed by atoms with Crippen molar-refractivity contribution in [1.82, 2.24) is 20.2 Å². The molecule has 2 saturated heterocycles. The van der Waals surface area contributed by atoms with Crippen LogP contribution in [0.1, 0.15) is 37.2 Å². The Morgan fingerprint density at radius 3 is 2.68 bits per heavy atom. The summed E-state index contributed by atoms with van der Waals surface area (Å²) < 4.78 is 2.05. The van der Waals surface area contributed by atoms with E-state index in [1.807, 2.05) is 16.4 Å². The first-order chi connectivity index (χ1) is 10.9. The molecule has 22 heavy (non-hydrogen) atoms. The molecule has 5 rings (SSSR count). The highest BCUT2D eigenvalue weighted by molar-refractivity contribution is 7.99. The third kappa shape index (κ3) is 1.89. The number of aromatic nitrogens is 4. The van der Waals surface area contributed by atoms with Gasteiger partial charge in [0.1, 0.15) is 0 Å². The van der Waals surface area contributed by atoms with E-state index in [9.17, 15) is 0 Å². The maximum Gasteiger partial charge on any atom is 0.246 e. The van der Waals surface area contributed by atoms with Crippen molar-refractivity contribution in [3.63, 3.8) is 0 Å². The normalized spacial score (nSPS) is 29.3. The Hall–Kier alpha value is -1.56. The van der Waals surface area contributed by atoms with Gasteiger partial charge >= 0.3 is 0 Å². The predicted molar refractivity (Wildman–Crippen MR) is 86.2 cm³/mol. The Kier molecular flexibility index (Phi) is 2.93. The van der Waals surface area contributed by atoms with E-state index in [1.165, 1.54) is 36.1 Å². The Labute approximate surface area is 134 Å². The van der Waals surface area contributed by atoms with E-state index in [2.05, 4.69) is 44.7 Å². The van der Waals surface area contributed by atoms with Gasteiger partial charge in [0.2, 0.25) is 5.95 Å². The molecule has 0 spiro atoms. The third-order valence-electron chi connectivity index (χ3n) is 5.39. The van der Waals surface area contributed by atoms with Crippen LogP contribution in [0.3, 0.4) is 0 Å². The molecule has 2 bridgehead atoms. The highest BCUT2D eigenvalue weighted by Gasteiger charge is 2.42. The van der Waals surface area contributed by atoms with Crippen molar-refractivity contribution in [2.24, 2.45) is 0 Å². The summed E-state index contributed by atoms with van der Waals surface area (Å²) in [5.74, 6) is 2.65. The van der Waals surface area contributed by atoms with Gasteiger partial charge in [-0.3, -0.25) is 0 Å². The molecular weight excluding hydrogens is 294 g/mol. The highest BCUT2D eigenvalue weighted by atomic mass is 32.2. The van der Waals surface area contributed by atoms with Crippen molar-refractivity contribution in [3.8, 4) is 0 Å². The second-order valence-corrected chi connectivity index (χ2v) is 7.64. The van der Waals surface area contributed by atoms with E-state index in [-0.39, 0.29) is 0 Å². The molecule has 4 heterocycles. The number of nitrogens with zero attached hydrogens (tertiary/aromatic N) is 5. The monoisotopic (exact) mass is 313 g/mol. The molecule has 0 saturated carbocycles. The molecule has 0 radical (unpaired) electrons. The van der Waals surface area contributed by atoms with E-state index >= 15 is 0 Å². The summed E-state index contributed by atoms with van der Waals surface area (Å²) in [6.07, 6.45) is 5.22. The van der Waals surface area contributed by atoms with Crippen molar-refractivity contribution in [1.29, 1.82) is 0 Å². The lowest BCUT2D eigenvalue weighted by atomic mass is 10.0. The number of hydrogen-bond acceptors (Lipinski definition) is 5. The van der Waals surface area contributed by atoms with E-state index < -0.39 is 0 Å². The molecule has 6 heteroatoms. The van der Waals surface area contributed by atoms with E-state index in [0.29, 0.717) is 18.0 Å². The van der Waals surface area contributed by atoms with Crippen LogP contribution < -0.4 is 4.90 Å². The fourth-order valence-corrected chi connectivity index (χ4v) is 5.57. The van der Waals surface area contributed by atoms with Gasteiger partial charge in [0, 0.05) is 28.6 Å². The minimum atomic E-state index is 0.517. The smallest absolute Gasteiger partial charge is 0.246 e. The molecule has 3 aliphatic rings. The molecule has 2 fully saturated rings. The predicted octanol–water partition coefficient (Wildman–Crippen LogP) is 2.69. The Balaban J connectivity index is 1.43. The summed E-state index contributed by atoms with van der Waals surface area (Å²) in [6.45, 7) is 0.891. The lowest BCUT2D eigenvalue weighted by Gasteiger charge is -2.23. The number of benzene rings is 1. The summed E-state index contributed by atoms with van der Waals surface area (Å²) in [6, 6.07) is 10.1. The minimum Gasteiger partial charge on any atom is -0.334 e. The Bertz CT molecular complexity index is 679. The molecule has 1 aromatic carbocycles. The van der Waals surface area contributed by atoms with Crippen LogP contribution in [-0.2, 0) is 6.54 Å². The molecule has 3 aliphatic heterocycles. The van der Waals surface area contributed by atoms with Gasteiger partial charge in [-0.15, -0.1) is 11.8 Å². The average Bonchev–Trinajstić information content (AvgIpc) is 3.31. The molecule has 2 aromatic rings. The molecule has 1 unspecified atom stereocenters. The first-order valence-corrected chi connectivity index (χ1v) is 9.15. The third-order valence-corrected chi connectivity index (χ3v) is 6.64. The second kappa shape index (κ2) is 4.98. The van der Waals surface area contributed by atoms with E-state index in [0.717, 1.165) is 18.2 Å². The van der Waals surface area contributed by atoms with Gasteiger partial charge in [-0.05, 0) is 47.7 Å². The summed E-state index contributed by atoms with van der Waals surface area (Å²) >= 11 is 1.95. The molecule has 114 valence electrons. The number of tetrazole rings is 1. The van der Waals surface area contributed by atoms with Gasteiger partial charge in [-0.1, -0.05) is 23.3 Å². The van der Waals surface area contributed by atoms with Gasteiger partial charge < -0.3 is 4.90 Å². The number of fused-ring (bicyclic) bond motifs is 3. The topological polar surface area (TPSA) is 46.8 Å². The Morgan fingerprint density at radius 2 is 1.86 bits per heavy atom. The summed E-state index contributed by atoms with van der Waals surface area (Å²) in [5.41, 5.74) is 1.46. The Morgan fingerprint density at radius 1 is 1.09 bits per heavy atom. The molecule has 0 aliphatic carbocycles. The van der Waals surface area contributed by atoms with Crippen LogP contribution in [0, 0.1) is 0 Å². The molecule has 5 nitrogen and oxygen atoms in total. The fourth-order valence-electron chi connectivity index (χ4n) is 4.33. The van der Waals surface area contributed by atoms with Crippen LogP contribution in [0.15, 0.2) is 29.2 Å². The van der Waals surface area contributed by atoms with Crippen molar-refractivity contribution in [3.05, 3.63) is 29.8 Å². The van der Waals surface area contributed by atoms with Gasteiger partial charge in [0.15, 0.2) is 0 Å². The standard InChI is InChI=1S/C16H19N5S/c1-2-4-15-14(3-1)11(10-22-15)9-20-16(17-18-19-20)21-12-5-6-13(21)8-7-12/h1-4,11-13H,5-10H2. The number of anilines is 1. The van der Waals surface area contributed by atoms with E-state index in [1.54, 1.807) is 0 Å². The lowest BCUT2D eigenvalue weighted by Crippen LogP contribution is -2.31. The van der Waals surface area contributed by atoms with E-state index in [4.69, 9.17) is 0 Å². The van der Waals surface area contributed by atoms with Crippen molar-refractivity contribution >= 4 is 17.7 Å². The lowest BCUT2D eigenvalue weighted by molar-refractivity contribution is 0.524. The number of thioether (sulfide) groups is 1. The first-order valence-electron chi connectivity index (χ1n) is 8.16. The molecule has 0 amide bonds. The number of rotatable bonds is 3. The van der Waals surface area contributed by atoms with Gasteiger partial charge in [0.05, 0.1) is 6.54 Å². The summed E-state index contributed by atoms with van der Waals surface area (Å²) in [5, 5.41) is 12.6. The molecule has 1 aromatic heterocycles. The van der Waals surface area contributed by atoms with Crippen LogP contribution in [0.25, 0.3) is 0 Å². The van der Waals surface area contributed by atoms with Crippen LogP contribution in [0.4, 0.5) is 5.95 Å². The van der Waals surface area contributed by atoms with Crippen LogP contribution >= 0.6 is 11.8 Å². The van der Waals surface area contributed by atoms with Gasteiger partial charge in [0.25, 0.3) is 0 Å². The van der Waals surface area contributed by atoms with Crippen molar-refractivity contribution < 1.29 is 0 Å². The van der Waals surface area contributed by atoms with Gasteiger partial charge in [-0.2, -0.15) is 0 Å². The largest absolute Gasteiger partial charge is 0.334 e. The van der Waals surface area contributed by atoms with Crippen molar-refractivity contribution in [2.45, 2.75) is 55.1 Å². The quantitative estimate of drug-likeness (QED) is 0.872.